The maximum absolute atomic E-state index is 11.0. The van der Waals surface area contributed by atoms with Gasteiger partial charge in [0.25, 0.3) is 11.8 Å². The van der Waals surface area contributed by atoms with Gasteiger partial charge in [0, 0.05) is 32.2 Å². The molecule has 0 radical (unpaired) electrons. The summed E-state index contributed by atoms with van der Waals surface area (Å²) in [5, 5.41) is 15.1. The van der Waals surface area contributed by atoms with E-state index in [0.29, 0.717) is 24.9 Å². The van der Waals surface area contributed by atoms with Gasteiger partial charge in [-0.2, -0.15) is 4.98 Å². The third-order valence-electron chi connectivity index (χ3n) is 4.97. The van der Waals surface area contributed by atoms with E-state index >= 15 is 0 Å². The number of hydrogen-bond donors (Lipinski definition) is 1. The Kier molecular flexibility index (Phi) is 4.92. The van der Waals surface area contributed by atoms with Crippen LogP contribution >= 0.6 is 0 Å². The molecule has 1 aliphatic rings. The largest absolute Gasteiger partial charge is 0.387 e. The van der Waals surface area contributed by atoms with E-state index in [1.165, 1.54) is 5.56 Å². The van der Waals surface area contributed by atoms with E-state index in [-0.39, 0.29) is 0 Å². The number of hydrogen-bond acceptors (Lipinski definition) is 6. The zero-order valence-electron chi connectivity index (χ0n) is 15.5. The van der Waals surface area contributed by atoms with Crippen molar-refractivity contribution < 1.29 is 9.63 Å². The summed E-state index contributed by atoms with van der Waals surface area (Å²) in [6.45, 7) is 2.83. The lowest BCUT2D eigenvalue weighted by atomic mass is 10.0. The molecule has 2 heterocycles. The van der Waals surface area contributed by atoms with Crippen LogP contribution in [0.5, 0.6) is 0 Å². The van der Waals surface area contributed by atoms with E-state index in [9.17, 15) is 5.11 Å². The Labute approximate surface area is 159 Å². The minimum Gasteiger partial charge on any atom is -0.387 e. The molecule has 27 heavy (non-hydrogen) atoms. The van der Waals surface area contributed by atoms with Crippen LogP contribution in [0.3, 0.4) is 0 Å². The maximum atomic E-state index is 11.0. The van der Waals surface area contributed by atoms with Gasteiger partial charge in [0.2, 0.25) is 0 Å². The van der Waals surface area contributed by atoms with Gasteiger partial charge in [0.1, 0.15) is 0 Å². The van der Waals surface area contributed by atoms with Crippen molar-refractivity contribution >= 4 is 5.95 Å². The first-order valence-electron chi connectivity index (χ1n) is 9.20. The fourth-order valence-corrected chi connectivity index (χ4v) is 3.63. The van der Waals surface area contributed by atoms with Gasteiger partial charge in [-0.15, -0.1) is 0 Å². The Morgan fingerprint density at radius 2 is 1.81 bits per heavy atom. The number of β-amino-alcohol motifs (C(OH)–C–C–N with tert-alkyl or cyclic N) is 1. The molecule has 1 aliphatic heterocycles. The summed E-state index contributed by atoms with van der Waals surface area (Å²) < 4.78 is 5.37. The van der Waals surface area contributed by atoms with Crippen LogP contribution in [0.2, 0.25) is 0 Å². The highest BCUT2D eigenvalue weighted by Crippen LogP contribution is 2.26. The van der Waals surface area contributed by atoms with Crippen molar-refractivity contribution in [3.63, 3.8) is 0 Å². The maximum Gasteiger partial charge on any atom is 0.266 e. The minimum absolute atomic E-state index is 0.464. The van der Waals surface area contributed by atoms with Gasteiger partial charge in [0.15, 0.2) is 0 Å². The molecule has 1 saturated heterocycles. The second kappa shape index (κ2) is 7.50. The molecule has 6 heteroatoms. The highest BCUT2D eigenvalue weighted by atomic mass is 16.5. The first kappa shape index (κ1) is 17.7. The van der Waals surface area contributed by atoms with E-state index in [0.717, 1.165) is 25.1 Å². The summed E-state index contributed by atoms with van der Waals surface area (Å²) in [4.78, 5) is 8.61. The van der Waals surface area contributed by atoms with Crippen LogP contribution < -0.4 is 4.90 Å². The molecule has 1 unspecified atom stereocenters. The van der Waals surface area contributed by atoms with E-state index in [1.54, 1.807) is 0 Å². The van der Waals surface area contributed by atoms with Gasteiger partial charge < -0.3 is 14.5 Å². The molecule has 0 aliphatic carbocycles. The van der Waals surface area contributed by atoms with E-state index < -0.39 is 5.60 Å². The van der Waals surface area contributed by atoms with E-state index in [1.807, 2.05) is 60.5 Å². The Hall–Kier alpha value is -2.70. The van der Waals surface area contributed by atoms with Gasteiger partial charge in [0.05, 0.1) is 12.1 Å². The van der Waals surface area contributed by atoms with Crippen molar-refractivity contribution in [2.45, 2.75) is 18.6 Å². The zero-order valence-corrected chi connectivity index (χ0v) is 15.5. The molecule has 1 N–H and O–H groups in total. The predicted octanol–water partition coefficient (Wildman–Crippen LogP) is 2.81. The molecule has 3 aromatic rings. The topological polar surface area (TPSA) is 65.6 Å². The fourth-order valence-electron chi connectivity index (χ4n) is 3.63. The number of aromatic nitrogens is 2. The number of likely N-dealkylation sites (tertiary alicyclic amines) is 1. The average Bonchev–Trinajstić information content (AvgIpc) is 3.31. The molecular formula is C21H24N4O2. The van der Waals surface area contributed by atoms with Gasteiger partial charge in [-0.25, -0.2) is 0 Å². The summed E-state index contributed by atoms with van der Waals surface area (Å²) in [6.07, 6.45) is 0.730. The number of rotatable bonds is 6. The molecule has 1 aromatic heterocycles. The number of nitrogens with zero attached hydrogens (tertiary/aromatic N) is 4. The van der Waals surface area contributed by atoms with Crippen molar-refractivity contribution in [3.05, 3.63) is 66.2 Å². The summed E-state index contributed by atoms with van der Waals surface area (Å²) in [5.41, 5.74) is 1.37. The lowest BCUT2D eigenvalue weighted by Gasteiger charge is -2.28. The quantitative estimate of drug-likeness (QED) is 0.726. The normalized spacial score (nSPS) is 20.1. The average molecular weight is 364 g/mol. The first-order chi connectivity index (χ1) is 13.1. The highest BCUT2D eigenvalue weighted by molar-refractivity contribution is 5.53. The molecule has 2 aromatic carbocycles. The second-order valence-corrected chi connectivity index (χ2v) is 7.29. The molecule has 1 fully saturated rings. The SMILES string of the molecule is CN(CC1(O)CCN(Cc2ccccc2)C1)c1noc(-c2ccccc2)n1. The van der Waals surface area contributed by atoms with Crippen molar-refractivity contribution in [3.8, 4) is 11.5 Å². The smallest absolute Gasteiger partial charge is 0.266 e. The van der Waals surface area contributed by atoms with Crippen LogP contribution in [-0.2, 0) is 6.54 Å². The second-order valence-electron chi connectivity index (χ2n) is 7.29. The van der Waals surface area contributed by atoms with Crippen LogP contribution in [0, 0.1) is 0 Å². The number of anilines is 1. The van der Waals surface area contributed by atoms with Crippen LogP contribution in [0.15, 0.2) is 65.2 Å². The van der Waals surface area contributed by atoms with Crippen molar-refractivity contribution in [1.82, 2.24) is 15.0 Å². The molecule has 0 amide bonds. The van der Waals surface area contributed by atoms with Crippen LogP contribution in [0.4, 0.5) is 5.95 Å². The lowest BCUT2D eigenvalue weighted by Crippen LogP contribution is -2.44. The molecule has 4 rings (SSSR count). The van der Waals surface area contributed by atoms with Gasteiger partial charge in [-0.1, -0.05) is 48.5 Å². The summed E-state index contributed by atoms with van der Waals surface area (Å²) >= 11 is 0. The Balaban J connectivity index is 1.38. The zero-order chi connectivity index (χ0) is 18.7. The number of benzene rings is 2. The fraction of sp³-hybridized carbons (Fsp3) is 0.333. The third kappa shape index (κ3) is 4.18. The molecule has 0 spiro atoms. The number of likely N-dealkylation sites (N-methyl/N-ethyl adjacent to an activating group) is 1. The molecule has 0 saturated carbocycles. The van der Waals surface area contributed by atoms with Crippen LogP contribution in [-0.4, -0.2) is 52.4 Å². The van der Waals surface area contributed by atoms with Crippen molar-refractivity contribution in [2.75, 3.05) is 31.6 Å². The summed E-state index contributed by atoms with van der Waals surface area (Å²) in [7, 11) is 1.89. The summed E-state index contributed by atoms with van der Waals surface area (Å²) in [6, 6.07) is 20.0. The van der Waals surface area contributed by atoms with Crippen LogP contribution in [0.25, 0.3) is 11.5 Å². The molecule has 1 atom stereocenters. The standard InChI is InChI=1S/C21H24N4O2/c1-24(20-22-19(27-23-20)18-10-6-3-7-11-18)15-21(26)12-13-25(16-21)14-17-8-4-2-5-9-17/h2-11,26H,12-16H2,1H3. The molecule has 6 nitrogen and oxygen atoms in total. The Morgan fingerprint density at radius 3 is 2.56 bits per heavy atom. The monoisotopic (exact) mass is 364 g/mol. The molecule has 0 bridgehead atoms. The third-order valence-corrected chi connectivity index (χ3v) is 4.97. The Bertz CT molecular complexity index is 868. The highest BCUT2D eigenvalue weighted by Gasteiger charge is 2.37. The summed E-state index contributed by atoms with van der Waals surface area (Å²) in [5.74, 6) is 0.977. The van der Waals surface area contributed by atoms with Gasteiger partial charge in [-0.05, 0) is 29.3 Å². The minimum atomic E-state index is -0.781. The van der Waals surface area contributed by atoms with Gasteiger partial charge in [-0.3, -0.25) is 4.90 Å². The first-order valence-corrected chi connectivity index (χ1v) is 9.20. The van der Waals surface area contributed by atoms with E-state index in [4.69, 9.17) is 4.52 Å². The van der Waals surface area contributed by atoms with E-state index in [2.05, 4.69) is 27.2 Å². The lowest BCUT2D eigenvalue weighted by molar-refractivity contribution is 0.0559. The van der Waals surface area contributed by atoms with Crippen molar-refractivity contribution in [1.29, 1.82) is 0 Å². The number of aliphatic hydroxyl groups is 1. The van der Waals surface area contributed by atoms with Crippen LogP contribution in [0.1, 0.15) is 12.0 Å². The molecule has 140 valence electrons. The van der Waals surface area contributed by atoms with Crippen molar-refractivity contribution in [2.24, 2.45) is 0 Å². The van der Waals surface area contributed by atoms with Gasteiger partial charge >= 0.3 is 0 Å². The molecular weight excluding hydrogens is 340 g/mol. The predicted molar refractivity (Wildman–Crippen MR) is 104 cm³/mol. The Morgan fingerprint density at radius 1 is 1.11 bits per heavy atom.